The second-order valence-corrected chi connectivity index (χ2v) is 5.97. The molecule has 114 valence electrons. The van der Waals surface area contributed by atoms with Crippen molar-refractivity contribution in [3.05, 3.63) is 47.8 Å². The van der Waals surface area contributed by atoms with Crippen LogP contribution in [0.25, 0.3) is 0 Å². The van der Waals surface area contributed by atoms with E-state index in [9.17, 15) is 4.79 Å². The van der Waals surface area contributed by atoms with Crippen LogP contribution in [0, 0.1) is 0 Å². The van der Waals surface area contributed by atoms with Gasteiger partial charge in [-0.15, -0.1) is 0 Å². The largest absolute Gasteiger partial charge is 0.484 e. The highest BCUT2D eigenvalue weighted by molar-refractivity contribution is 5.77. The molecule has 4 rings (SSSR count). The number of ether oxygens (including phenoxy) is 1. The number of nitrogens with zero attached hydrogens (tertiary/aromatic N) is 3. The van der Waals surface area contributed by atoms with E-state index >= 15 is 0 Å². The van der Waals surface area contributed by atoms with Crippen molar-refractivity contribution >= 4 is 5.91 Å². The Hall–Kier alpha value is -2.30. The highest BCUT2D eigenvalue weighted by Crippen LogP contribution is 2.39. The van der Waals surface area contributed by atoms with Crippen LogP contribution in [0.4, 0.5) is 0 Å². The van der Waals surface area contributed by atoms with Gasteiger partial charge in [0.05, 0.1) is 24.5 Å². The average molecular weight is 297 g/mol. The summed E-state index contributed by atoms with van der Waals surface area (Å²) in [5.74, 6) is 1.42. The maximum Gasteiger partial charge on any atom is 0.260 e. The zero-order valence-corrected chi connectivity index (χ0v) is 12.4. The van der Waals surface area contributed by atoms with Gasteiger partial charge in [0, 0.05) is 12.5 Å². The highest BCUT2D eigenvalue weighted by atomic mass is 16.5. The summed E-state index contributed by atoms with van der Waals surface area (Å²) < 4.78 is 7.60. The van der Waals surface area contributed by atoms with Crippen LogP contribution in [0.1, 0.15) is 30.1 Å². The maximum atomic E-state index is 12.3. The van der Waals surface area contributed by atoms with Crippen molar-refractivity contribution in [2.24, 2.45) is 0 Å². The molecule has 22 heavy (non-hydrogen) atoms. The van der Waals surface area contributed by atoms with Crippen LogP contribution in [-0.4, -0.2) is 33.7 Å². The third-order valence-electron chi connectivity index (χ3n) is 4.27. The maximum absolute atomic E-state index is 12.3. The number of amides is 1. The minimum absolute atomic E-state index is 0.0317. The second kappa shape index (κ2) is 5.48. The molecule has 0 atom stereocenters. The number of hydrogen-bond acceptors (Lipinski definition) is 3. The van der Waals surface area contributed by atoms with Crippen molar-refractivity contribution in [3.63, 3.8) is 0 Å². The summed E-state index contributed by atoms with van der Waals surface area (Å²) in [5, 5.41) is 4.65. The Kier molecular flexibility index (Phi) is 3.33. The van der Waals surface area contributed by atoms with Gasteiger partial charge in [0.15, 0.2) is 6.61 Å². The van der Waals surface area contributed by atoms with Crippen molar-refractivity contribution in [1.29, 1.82) is 0 Å². The van der Waals surface area contributed by atoms with Crippen molar-refractivity contribution in [2.75, 3.05) is 13.2 Å². The van der Waals surface area contributed by atoms with E-state index in [0.29, 0.717) is 19.0 Å². The van der Waals surface area contributed by atoms with Crippen LogP contribution < -0.4 is 4.74 Å². The summed E-state index contributed by atoms with van der Waals surface area (Å²) in [6.07, 6.45) is 2.51. The van der Waals surface area contributed by atoms with Crippen LogP contribution in [0.2, 0.25) is 0 Å². The Balaban J connectivity index is 1.37. The Morgan fingerprint density at radius 2 is 2.05 bits per heavy atom. The van der Waals surface area contributed by atoms with Gasteiger partial charge < -0.3 is 9.64 Å². The first kappa shape index (κ1) is 13.4. The number of rotatable bonds is 4. The summed E-state index contributed by atoms with van der Waals surface area (Å²) in [7, 11) is 0. The molecule has 0 unspecified atom stereocenters. The molecule has 1 aliphatic heterocycles. The van der Waals surface area contributed by atoms with Crippen LogP contribution >= 0.6 is 0 Å². The smallest absolute Gasteiger partial charge is 0.260 e. The lowest BCUT2D eigenvalue weighted by Gasteiger charge is -2.27. The molecule has 1 aliphatic carbocycles. The lowest BCUT2D eigenvalue weighted by atomic mass is 10.2. The third kappa shape index (κ3) is 2.71. The molecule has 1 aromatic carbocycles. The fourth-order valence-electron chi connectivity index (χ4n) is 2.83. The van der Waals surface area contributed by atoms with Gasteiger partial charge in [-0.3, -0.25) is 9.48 Å². The minimum Gasteiger partial charge on any atom is -0.484 e. The van der Waals surface area contributed by atoms with E-state index in [2.05, 4.69) is 15.8 Å². The third-order valence-corrected chi connectivity index (χ3v) is 4.27. The highest BCUT2D eigenvalue weighted by Gasteiger charge is 2.29. The summed E-state index contributed by atoms with van der Waals surface area (Å²) in [4.78, 5) is 14.2. The molecule has 0 saturated heterocycles. The van der Waals surface area contributed by atoms with Gasteiger partial charge in [0.25, 0.3) is 5.91 Å². The molecule has 0 bridgehead atoms. The Morgan fingerprint density at radius 1 is 1.23 bits per heavy atom. The Bertz CT molecular complexity index is 676. The summed E-state index contributed by atoms with van der Waals surface area (Å²) >= 11 is 0. The molecular weight excluding hydrogens is 278 g/mol. The predicted molar refractivity (Wildman–Crippen MR) is 81.6 cm³/mol. The SMILES string of the molecule is O=C(COc1ccccc1)N1CCn2nc(C3CC3)cc2C1. The Morgan fingerprint density at radius 3 is 2.82 bits per heavy atom. The Labute approximate surface area is 129 Å². The number of carbonyl (C=O) groups excluding carboxylic acids is 1. The fourth-order valence-corrected chi connectivity index (χ4v) is 2.83. The minimum atomic E-state index is 0.0317. The second-order valence-electron chi connectivity index (χ2n) is 5.97. The zero-order chi connectivity index (χ0) is 14.9. The van der Waals surface area contributed by atoms with Gasteiger partial charge in [0.1, 0.15) is 5.75 Å². The van der Waals surface area contributed by atoms with Crippen molar-refractivity contribution in [1.82, 2.24) is 14.7 Å². The van der Waals surface area contributed by atoms with E-state index in [-0.39, 0.29) is 12.5 Å². The molecule has 0 N–H and O–H groups in total. The monoisotopic (exact) mass is 297 g/mol. The first-order chi connectivity index (χ1) is 10.8. The summed E-state index contributed by atoms with van der Waals surface area (Å²) in [5.41, 5.74) is 2.34. The van der Waals surface area contributed by atoms with E-state index in [0.717, 1.165) is 18.0 Å². The molecule has 5 heteroatoms. The predicted octanol–water partition coefficient (Wildman–Crippen LogP) is 2.18. The molecule has 1 saturated carbocycles. The normalized spacial score (nSPS) is 17.2. The topological polar surface area (TPSA) is 47.4 Å². The molecule has 2 aliphatic rings. The van der Waals surface area contributed by atoms with Crippen molar-refractivity contribution in [2.45, 2.75) is 31.8 Å². The number of hydrogen-bond donors (Lipinski definition) is 0. The summed E-state index contributed by atoms with van der Waals surface area (Å²) in [6, 6.07) is 11.6. The molecule has 0 radical (unpaired) electrons. The summed E-state index contributed by atoms with van der Waals surface area (Å²) in [6.45, 7) is 2.21. The molecule has 1 aromatic heterocycles. The van der Waals surface area contributed by atoms with Gasteiger partial charge in [-0.25, -0.2) is 0 Å². The zero-order valence-electron chi connectivity index (χ0n) is 12.4. The number of benzene rings is 1. The molecule has 1 fully saturated rings. The van der Waals surface area contributed by atoms with E-state index in [1.807, 2.05) is 35.2 Å². The van der Waals surface area contributed by atoms with Crippen molar-refractivity contribution < 1.29 is 9.53 Å². The van der Waals surface area contributed by atoms with Gasteiger partial charge in [-0.1, -0.05) is 18.2 Å². The number of fused-ring (bicyclic) bond motifs is 1. The van der Waals surface area contributed by atoms with Gasteiger partial charge in [-0.05, 0) is 31.0 Å². The average Bonchev–Trinajstić information content (AvgIpc) is 3.32. The molecule has 2 heterocycles. The van der Waals surface area contributed by atoms with Crippen molar-refractivity contribution in [3.8, 4) is 5.75 Å². The first-order valence-corrected chi connectivity index (χ1v) is 7.82. The van der Waals surface area contributed by atoms with E-state index in [1.54, 1.807) is 0 Å². The number of para-hydroxylation sites is 1. The van der Waals surface area contributed by atoms with Gasteiger partial charge in [0.2, 0.25) is 0 Å². The molecular formula is C17H19N3O2. The van der Waals surface area contributed by atoms with E-state index in [1.165, 1.54) is 18.5 Å². The van der Waals surface area contributed by atoms with Crippen LogP contribution in [0.3, 0.4) is 0 Å². The van der Waals surface area contributed by atoms with Gasteiger partial charge in [-0.2, -0.15) is 5.10 Å². The van der Waals surface area contributed by atoms with E-state index < -0.39 is 0 Å². The molecule has 2 aromatic rings. The van der Waals surface area contributed by atoms with Crippen LogP contribution in [0.5, 0.6) is 5.75 Å². The van der Waals surface area contributed by atoms with E-state index in [4.69, 9.17) is 4.74 Å². The lowest BCUT2D eigenvalue weighted by molar-refractivity contribution is -0.134. The fraction of sp³-hybridized carbons (Fsp3) is 0.412. The number of aromatic nitrogens is 2. The first-order valence-electron chi connectivity index (χ1n) is 7.82. The van der Waals surface area contributed by atoms with Gasteiger partial charge >= 0.3 is 0 Å². The molecule has 5 nitrogen and oxygen atoms in total. The standard InChI is InChI=1S/C17H19N3O2/c21-17(12-22-15-4-2-1-3-5-15)19-8-9-20-14(11-19)10-16(18-20)13-6-7-13/h1-5,10,13H,6-9,11-12H2. The molecule has 1 amide bonds. The van der Waals surface area contributed by atoms with Crippen LogP contribution in [0.15, 0.2) is 36.4 Å². The lowest BCUT2D eigenvalue weighted by Crippen LogP contribution is -2.40. The van der Waals surface area contributed by atoms with Crippen LogP contribution in [-0.2, 0) is 17.9 Å². The number of carbonyl (C=O) groups is 1. The molecule has 0 spiro atoms. The quantitative estimate of drug-likeness (QED) is 0.869.